The molecule has 2 heterocycles. The molecule has 1 saturated heterocycles. The molecule has 0 unspecified atom stereocenters. The number of carbonyl (C=O) groups is 2. The number of anilines is 1. The van der Waals surface area contributed by atoms with Gasteiger partial charge in [-0.15, -0.1) is 0 Å². The highest BCUT2D eigenvalue weighted by Crippen LogP contribution is 2.34. The van der Waals surface area contributed by atoms with Crippen molar-refractivity contribution in [1.82, 2.24) is 25.0 Å². The molecule has 1 aromatic carbocycles. The number of benzene rings is 1. The van der Waals surface area contributed by atoms with Crippen molar-refractivity contribution in [2.45, 2.75) is 6.54 Å². The fraction of sp³-hybridized carbons (Fsp3) is 0.412. The lowest BCUT2D eigenvalue weighted by Crippen LogP contribution is -2.40. The normalized spacial score (nSPS) is 13.8. The van der Waals surface area contributed by atoms with E-state index in [1.54, 1.807) is 48.3 Å². The molecule has 10 heteroatoms. The van der Waals surface area contributed by atoms with Gasteiger partial charge in [0.25, 0.3) is 0 Å². The number of ether oxygens (including phenoxy) is 2. The Hall–Kier alpha value is -3.30. The van der Waals surface area contributed by atoms with Crippen molar-refractivity contribution < 1.29 is 19.1 Å². The van der Waals surface area contributed by atoms with E-state index in [1.165, 1.54) is 11.2 Å². The summed E-state index contributed by atoms with van der Waals surface area (Å²) in [5.41, 5.74) is 0.621. The van der Waals surface area contributed by atoms with Gasteiger partial charge in [-0.2, -0.15) is 5.10 Å². The number of carbonyl (C=O) groups excluding carboxylic acids is 2. The lowest BCUT2D eigenvalue weighted by Gasteiger charge is -2.21. The molecule has 1 aliphatic heterocycles. The Morgan fingerprint density at radius 3 is 2.81 bits per heavy atom. The molecule has 1 fully saturated rings. The number of methoxy groups -OCH3 is 2. The smallest absolute Gasteiger partial charge is 0.325 e. The van der Waals surface area contributed by atoms with Crippen LogP contribution in [0.15, 0.2) is 30.9 Å². The molecule has 1 N–H and O–H groups in total. The van der Waals surface area contributed by atoms with Crippen LogP contribution in [0.4, 0.5) is 10.5 Å². The first-order valence-corrected chi connectivity index (χ1v) is 8.50. The zero-order chi connectivity index (χ0) is 19.2. The average molecular weight is 374 g/mol. The molecule has 0 aliphatic carbocycles. The number of hydrogen-bond acceptors (Lipinski definition) is 6. The first-order chi connectivity index (χ1) is 13.1. The second-order valence-electron chi connectivity index (χ2n) is 5.90. The summed E-state index contributed by atoms with van der Waals surface area (Å²) in [6.45, 7) is 1.85. The zero-order valence-electron chi connectivity index (χ0n) is 15.3. The van der Waals surface area contributed by atoms with Crippen LogP contribution in [0.5, 0.6) is 11.5 Å². The van der Waals surface area contributed by atoms with Crippen LogP contribution in [0.2, 0.25) is 0 Å². The Kier molecular flexibility index (Phi) is 5.74. The number of amides is 3. The summed E-state index contributed by atoms with van der Waals surface area (Å²) in [4.78, 5) is 31.8. The van der Waals surface area contributed by atoms with Gasteiger partial charge < -0.3 is 19.7 Å². The standard InChI is InChI=1S/C17H22N6O4/c1-26-13-3-4-15(27-2)14(9-13)23-8-7-21(17(23)25)10-16(24)19-5-6-22-12-18-11-20-22/h3-4,9,11-12H,5-8,10H2,1-2H3,(H,19,24). The maximum Gasteiger partial charge on any atom is 0.325 e. The topological polar surface area (TPSA) is 102 Å². The van der Waals surface area contributed by atoms with E-state index in [1.807, 2.05) is 0 Å². The van der Waals surface area contributed by atoms with Crippen LogP contribution in [-0.2, 0) is 11.3 Å². The lowest BCUT2D eigenvalue weighted by molar-refractivity contribution is -0.121. The highest BCUT2D eigenvalue weighted by Gasteiger charge is 2.32. The predicted octanol–water partition coefficient (Wildman–Crippen LogP) is 0.354. The third kappa shape index (κ3) is 4.27. The van der Waals surface area contributed by atoms with Gasteiger partial charge in [0.1, 0.15) is 30.7 Å². The number of nitrogens with one attached hydrogen (secondary N) is 1. The van der Waals surface area contributed by atoms with Crippen molar-refractivity contribution in [2.24, 2.45) is 0 Å². The van der Waals surface area contributed by atoms with Crippen LogP contribution in [0.3, 0.4) is 0 Å². The summed E-state index contributed by atoms with van der Waals surface area (Å²) in [5.74, 6) is 0.981. The molecule has 0 spiro atoms. The number of hydrogen-bond donors (Lipinski definition) is 1. The van der Waals surface area contributed by atoms with Crippen molar-refractivity contribution in [3.8, 4) is 11.5 Å². The summed E-state index contributed by atoms with van der Waals surface area (Å²) in [5, 5.41) is 6.74. The van der Waals surface area contributed by atoms with E-state index in [0.29, 0.717) is 43.4 Å². The Labute approximate surface area is 156 Å². The summed E-state index contributed by atoms with van der Waals surface area (Å²) in [6, 6.07) is 5.02. The lowest BCUT2D eigenvalue weighted by atomic mass is 10.2. The van der Waals surface area contributed by atoms with Gasteiger partial charge in [-0.1, -0.05) is 0 Å². The summed E-state index contributed by atoms with van der Waals surface area (Å²) in [6.07, 6.45) is 3.02. The van der Waals surface area contributed by atoms with E-state index in [4.69, 9.17) is 9.47 Å². The van der Waals surface area contributed by atoms with Gasteiger partial charge in [0, 0.05) is 25.7 Å². The monoisotopic (exact) mass is 374 g/mol. The van der Waals surface area contributed by atoms with Gasteiger partial charge in [0.05, 0.1) is 26.5 Å². The molecule has 2 aromatic rings. The van der Waals surface area contributed by atoms with Crippen LogP contribution < -0.4 is 19.7 Å². The molecule has 0 radical (unpaired) electrons. The first kappa shape index (κ1) is 18.5. The average Bonchev–Trinajstić information content (AvgIpc) is 3.32. The molecule has 3 rings (SSSR count). The molecule has 1 aromatic heterocycles. The minimum atomic E-state index is -0.243. The molecular formula is C17H22N6O4. The van der Waals surface area contributed by atoms with Crippen molar-refractivity contribution in [3.63, 3.8) is 0 Å². The fourth-order valence-corrected chi connectivity index (χ4v) is 2.85. The molecule has 0 bridgehead atoms. The maximum atomic E-state index is 12.7. The second kappa shape index (κ2) is 8.39. The highest BCUT2D eigenvalue weighted by atomic mass is 16.5. The molecule has 3 amide bonds. The summed E-state index contributed by atoms with van der Waals surface area (Å²) < 4.78 is 12.2. The minimum absolute atomic E-state index is 0.00102. The Balaban J connectivity index is 1.57. The predicted molar refractivity (Wildman–Crippen MR) is 96.9 cm³/mol. The Morgan fingerprint density at radius 2 is 2.11 bits per heavy atom. The third-order valence-electron chi connectivity index (χ3n) is 4.24. The zero-order valence-corrected chi connectivity index (χ0v) is 15.3. The van der Waals surface area contributed by atoms with Crippen molar-refractivity contribution in [1.29, 1.82) is 0 Å². The van der Waals surface area contributed by atoms with Crippen molar-refractivity contribution >= 4 is 17.6 Å². The van der Waals surface area contributed by atoms with E-state index in [2.05, 4.69) is 15.4 Å². The van der Waals surface area contributed by atoms with Gasteiger partial charge in [0.15, 0.2) is 0 Å². The Morgan fingerprint density at radius 1 is 1.26 bits per heavy atom. The molecule has 0 saturated carbocycles. The maximum absolute atomic E-state index is 12.7. The highest BCUT2D eigenvalue weighted by molar-refractivity contribution is 5.97. The van der Waals surface area contributed by atoms with Gasteiger partial charge in [-0.25, -0.2) is 9.78 Å². The van der Waals surface area contributed by atoms with Crippen molar-refractivity contribution in [2.75, 3.05) is 45.3 Å². The molecule has 144 valence electrons. The van der Waals surface area contributed by atoms with E-state index in [-0.39, 0.29) is 18.5 Å². The van der Waals surface area contributed by atoms with E-state index < -0.39 is 0 Å². The fourth-order valence-electron chi connectivity index (χ4n) is 2.85. The van der Waals surface area contributed by atoms with Crippen LogP contribution in [0.1, 0.15) is 0 Å². The second-order valence-corrected chi connectivity index (χ2v) is 5.90. The van der Waals surface area contributed by atoms with Crippen LogP contribution >= 0.6 is 0 Å². The largest absolute Gasteiger partial charge is 0.497 e. The summed E-state index contributed by atoms with van der Waals surface area (Å²) in [7, 11) is 3.11. The van der Waals surface area contributed by atoms with E-state index >= 15 is 0 Å². The number of nitrogens with zero attached hydrogens (tertiary/aromatic N) is 5. The van der Waals surface area contributed by atoms with Gasteiger partial charge in [-0.05, 0) is 12.1 Å². The third-order valence-corrected chi connectivity index (χ3v) is 4.24. The number of aromatic nitrogens is 3. The SMILES string of the molecule is COc1ccc(OC)c(N2CCN(CC(=O)NCCn3cncn3)C2=O)c1. The van der Waals surface area contributed by atoms with E-state index in [9.17, 15) is 9.59 Å². The van der Waals surface area contributed by atoms with Crippen molar-refractivity contribution in [3.05, 3.63) is 30.9 Å². The molecule has 1 aliphatic rings. The molecular weight excluding hydrogens is 352 g/mol. The van der Waals surface area contributed by atoms with E-state index in [0.717, 1.165) is 0 Å². The number of rotatable bonds is 8. The van der Waals surface area contributed by atoms with Gasteiger partial charge in [-0.3, -0.25) is 14.4 Å². The molecule has 0 atom stereocenters. The molecule has 27 heavy (non-hydrogen) atoms. The van der Waals surface area contributed by atoms with Crippen LogP contribution in [0.25, 0.3) is 0 Å². The minimum Gasteiger partial charge on any atom is -0.497 e. The van der Waals surface area contributed by atoms with Crippen LogP contribution in [0, 0.1) is 0 Å². The van der Waals surface area contributed by atoms with Gasteiger partial charge >= 0.3 is 6.03 Å². The first-order valence-electron chi connectivity index (χ1n) is 8.50. The quantitative estimate of drug-likeness (QED) is 0.716. The van der Waals surface area contributed by atoms with Crippen LogP contribution in [-0.4, -0.2) is 72.0 Å². The molecule has 10 nitrogen and oxygen atoms in total. The van der Waals surface area contributed by atoms with Gasteiger partial charge in [0.2, 0.25) is 5.91 Å². The Bertz CT molecular complexity index is 795. The number of urea groups is 1. The summed E-state index contributed by atoms with van der Waals surface area (Å²) >= 11 is 0.